The normalized spacial score (nSPS) is 22.5. The first-order valence-corrected chi connectivity index (χ1v) is 5.61. The Morgan fingerprint density at radius 2 is 2.57 bits per heavy atom. The van der Waals surface area contributed by atoms with E-state index in [0.29, 0.717) is 0 Å². The van der Waals surface area contributed by atoms with Crippen LogP contribution in [0.25, 0.3) is 0 Å². The molecule has 1 aliphatic rings. The molecule has 1 atom stereocenters. The third-order valence-corrected chi connectivity index (χ3v) is 3.01. The highest BCUT2D eigenvalue weighted by Gasteiger charge is 2.15. The van der Waals surface area contributed by atoms with Crippen LogP contribution >= 0.6 is 0 Å². The summed E-state index contributed by atoms with van der Waals surface area (Å²) in [6.45, 7) is 5.56. The van der Waals surface area contributed by atoms with Gasteiger partial charge in [0.1, 0.15) is 5.82 Å². The maximum absolute atomic E-state index is 4.42. The Hall–Kier alpha value is -0.830. The summed E-state index contributed by atoms with van der Waals surface area (Å²) in [4.78, 5) is 4.42. The SMILES string of the molecule is CCn1ccnc1CC1CCCNC1. The van der Waals surface area contributed by atoms with E-state index in [1.165, 1.54) is 25.2 Å². The predicted octanol–water partition coefficient (Wildman–Crippen LogP) is 1.45. The first kappa shape index (κ1) is 9.71. The molecule has 1 saturated heterocycles. The van der Waals surface area contributed by atoms with Crippen LogP contribution in [0.3, 0.4) is 0 Å². The summed E-state index contributed by atoms with van der Waals surface area (Å²) in [6.07, 6.45) is 7.79. The van der Waals surface area contributed by atoms with Crippen LogP contribution in [0, 0.1) is 5.92 Å². The van der Waals surface area contributed by atoms with Crippen LogP contribution in [0.4, 0.5) is 0 Å². The highest BCUT2D eigenvalue weighted by molar-refractivity contribution is 4.94. The number of hydrogen-bond donors (Lipinski definition) is 1. The highest BCUT2D eigenvalue weighted by atomic mass is 15.1. The number of nitrogens with one attached hydrogen (secondary N) is 1. The van der Waals surface area contributed by atoms with Gasteiger partial charge in [0.05, 0.1) is 0 Å². The monoisotopic (exact) mass is 193 g/mol. The van der Waals surface area contributed by atoms with Crippen molar-refractivity contribution in [2.75, 3.05) is 13.1 Å². The Bertz CT molecular complexity index is 274. The third-order valence-electron chi connectivity index (χ3n) is 3.01. The van der Waals surface area contributed by atoms with Gasteiger partial charge in [0.2, 0.25) is 0 Å². The maximum Gasteiger partial charge on any atom is 0.108 e. The predicted molar refractivity (Wildman–Crippen MR) is 57.2 cm³/mol. The summed E-state index contributed by atoms with van der Waals surface area (Å²) in [6, 6.07) is 0. The molecule has 0 spiro atoms. The fourth-order valence-corrected chi connectivity index (χ4v) is 2.17. The van der Waals surface area contributed by atoms with Gasteiger partial charge in [0, 0.05) is 25.4 Å². The van der Waals surface area contributed by atoms with Gasteiger partial charge in [-0.2, -0.15) is 0 Å². The Morgan fingerprint density at radius 1 is 1.64 bits per heavy atom. The van der Waals surface area contributed by atoms with Gasteiger partial charge in [-0.3, -0.25) is 0 Å². The Balaban J connectivity index is 1.95. The van der Waals surface area contributed by atoms with Gasteiger partial charge >= 0.3 is 0 Å². The van der Waals surface area contributed by atoms with Crippen molar-refractivity contribution in [2.45, 2.75) is 32.7 Å². The molecular weight excluding hydrogens is 174 g/mol. The molecule has 0 bridgehead atoms. The van der Waals surface area contributed by atoms with E-state index in [9.17, 15) is 0 Å². The molecule has 1 unspecified atom stereocenters. The van der Waals surface area contributed by atoms with Crippen molar-refractivity contribution in [3.63, 3.8) is 0 Å². The van der Waals surface area contributed by atoms with Crippen molar-refractivity contribution in [3.05, 3.63) is 18.2 Å². The molecule has 2 rings (SSSR count). The minimum Gasteiger partial charge on any atom is -0.335 e. The van der Waals surface area contributed by atoms with Crippen molar-refractivity contribution in [2.24, 2.45) is 5.92 Å². The molecule has 3 nitrogen and oxygen atoms in total. The smallest absolute Gasteiger partial charge is 0.108 e. The first-order chi connectivity index (χ1) is 6.90. The molecule has 14 heavy (non-hydrogen) atoms. The number of aromatic nitrogens is 2. The fraction of sp³-hybridized carbons (Fsp3) is 0.727. The van der Waals surface area contributed by atoms with Gasteiger partial charge in [-0.1, -0.05) is 0 Å². The molecule has 1 aromatic rings. The summed E-state index contributed by atoms with van der Waals surface area (Å²) < 4.78 is 2.24. The molecule has 0 saturated carbocycles. The van der Waals surface area contributed by atoms with Crippen molar-refractivity contribution in [3.8, 4) is 0 Å². The highest BCUT2D eigenvalue weighted by Crippen LogP contribution is 2.15. The van der Waals surface area contributed by atoms with E-state index in [1.807, 2.05) is 6.20 Å². The fourth-order valence-electron chi connectivity index (χ4n) is 2.17. The Labute approximate surface area is 85.5 Å². The molecule has 1 aromatic heterocycles. The minimum atomic E-state index is 0.788. The average Bonchev–Trinajstić information content (AvgIpc) is 2.67. The lowest BCUT2D eigenvalue weighted by Crippen LogP contribution is -2.31. The zero-order chi connectivity index (χ0) is 9.80. The van der Waals surface area contributed by atoms with Crippen LogP contribution < -0.4 is 5.32 Å². The summed E-state index contributed by atoms with van der Waals surface area (Å²) >= 11 is 0. The van der Waals surface area contributed by atoms with E-state index in [2.05, 4.69) is 28.0 Å². The van der Waals surface area contributed by atoms with Gasteiger partial charge in [-0.15, -0.1) is 0 Å². The van der Waals surface area contributed by atoms with Crippen molar-refractivity contribution >= 4 is 0 Å². The van der Waals surface area contributed by atoms with Crippen LogP contribution in [0.15, 0.2) is 12.4 Å². The number of piperidine rings is 1. The lowest BCUT2D eigenvalue weighted by molar-refractivity contribution is 0.367. The quantitative estimate of drug-likeness (QED) is 0.787. The van der Waals surface area contributed by atoms with E-state index < -0.39 is 0 Å². The van der Waals surface area contributed by atoms with Crippen molar-refractivity contribution in [1.29, 1.82) is 0 Å². The number of imidazole rings is 1. The number of hydrogen-bond acceptors (Lipinski definition) is 2. The van der Waals surface area contributed by atoms with Crippen LogP contribution in [0.5, 0.6) is 0 Å². The average molecular weight is 193 g/mol. The van der Waals surface area contributed by atoms with Crippen LogP contribution in [-0.2, 0) is 13.0 Å². The summed E-state index contributed by atoms with van der Waals surface area (Å²) in [5.74, 6) is 2.04. The van der Waals surface area contributed by atoms with Crippen molar-refractivity contribution in [1.82, 2.24) is 14.9 Å². The molecule has 1 fully saturated rings. The standard InChI is InChI=1S/C11H19N3/c1-2-14-7-6-13-11(14)8-10-4-3-5-12-9-10/h6-7,10,12H,2-5,8-9H2,1H3. The Morgan fingerprint density at radius 3 is 3.29 bits per heavy atom. The van der Waals surface area contributed by atoms with Gasteiger partial charge in [0.25, 0.3) is 0 Å². The van der Waals surface area contributed by atoms with E-state index in [-0.39, 0.29) is 0 Å². The molecule has 2 heterocycles. The molecule has 78 valence electrons. The van der Waals surface area contributed by atoms with E-state index in [4.69, 9.17) is 0 Å². The van der Waals surface area contributed by atoms with Gasteiger partial charge in [-0.05, 0) is 38.8 Å². The maximum atomic E-state index is 4.42. The zero-order valence-corrected chi connectivity index (χ0v) is 8.87. The second-order valence-electron chi connectivity index (χ2n) is 4.05. The molecule has 0 radical (unpaired) electrons. The third kappa shape index (κ3) is 2.15. The number of nitrogens with zero attached hydrogens (tertiary/aromatic N) is 2. The summed E-state index contributed by atoms with van der Waals surface area (Å²) in [7, 11) is 0. The summed E-state index contributed by atoms with van der Waals surface area (Å²) in [5, 5.41) is 3.45. The van der Waals surface area contributed by atoms with Crippen molar-refractivity contribution < 1.29 is 0 Å². The molecule has 0 amide bonds. The van der Waals surface area contributed by atoms with E-state index >= 15 is 0 Å². The topological polar surface area (TPSA) is 29.9 Å². The number of rotatable bonds is 3. The Kier molecular flexibility index (Phi) is 3.19. The molecular formula is C11H19N3. The lowest BCUT2D eigenvalue weighted by Gasteiger charge is -2.22. The molecule has 0 aliphatic carbocycles. The van der Waals surface area contributed by atoms with E-state index in [1.54, 1.807) is 0 Å². The molecule has 3 heteroatoms. The number of aryl methyl sites for hydroxylation is 1. The molecule has 0 aromatic carbocycles. The second-order valence-corrected chi connectivity index (χ2v) is 4.05. The zero-order valence-electron chi connectivity index (χ0n) is 8.87. The van der Waals surface area contributed by atoms with E-state index in [0.717, 1.165) is 25.4 Å². The summed E-state index contributed by atoms with van der Waals surface area (Å²) in [5.41, 5.74) is 0. The first-order valence-electron chi connectivity index (χ1n) is 5.61. The molecule has 1 N–H and O–H groups in total. The largest absolute Gasteiger partial charge is 0.335 e. The molecule has 1 aliphatic heterocycles. The minimum absolute atomic E-state index is 0.788. The van der Waals surface area contributed by atoms with Gasteiger partial charge in [0.15, 0.2) is 0 Å². The van der Waals surface area contributed by atoms with Crippen LogP contribution in [-0.4, -0.2) is 22.6 Å². The second kappa shape index (κ2) is 4.60. The van der Waals surface area contributed by atoms with Gasteiger partial charge < -0.3 is 9.88 Å². The van der Waals surface area contributed by atoms with Gasteiger partial charge in [-0.25, -0.2) is 4.98 Å². The lowest BCUT2D eigenvalue weighted by atomic mass is 9.96. The van der Waals surface area contributed by atoms with Crippen LogP contribution in [0.1, 0.15) is 25.6 Å². The van der Waals surface area contributed by atoms with Crippen LogP contribution in [0.2, 0.25) is 0 Å².